The van der Waals surface area contributed by atoms with Crippen LogP contribution in [-0.4, -0.2) is 38.8 Å². The highest BCUT2D eigenvalue weighted by molar-refractivity contribution is 8.00. The number of benzene rings is 3. The Bertz CT molecular complexity index is 1150. The van der Waals surface area contributed by atoms with Gasteiger partial charge in [-0.2, -0.15) is 0 Å². The number of carbonyl (C=O) groups is 2. The number of hydrogen-bond acceptors (Lipinski definition) is 3. The molecule has 32 heavy (non-hydrogen) atoms. The number of carbonyl (C=O) groups excluding carboxylic acids is 1. The van der Waals surface area contributed by atoms with Gasteiger partial charge < -0.3 is 5.11 Å². The van der Waals surface area contributed by atoms with E-state index in [0.717, 1.165) is 21.5 Å². The molecule has 0 radical (unpaired) electrons. The molecule has 3 aromatic rings. The van der Waals surface area contributed by atoms with Gasteiger partial charge in [-0.15, -0.1) is 11.8 Å². The summed E-state index contributed by atoms with van der Waals surface area (Å²) in [6, 6.07) is 30.9. The fraction of sp³-hybridized carbons (Fsp3) is 0.115. The van der Waals surface area contributed by atoms with E-state index in [1.54, 1.807) is 11.8 Å². The molecule has 0 spiro atoms. The van der Waals surface area contributed by atoms with Gasteiger partial charge in [0.2, 0.25) is 5.91 Å². The molecule has 1 fully saturated rings. The van der Waals surface area contributed by atoms with Crippen molar-refractivity contribution in [1.82, 2.24) is 4.90 Å². The van der Waals surface area contributed by atoms with Crippen LogP contribution in [0.2, 0.25) is 0 Å². The summed E-state index contributed by atoms with van der Waals surface area (Å²) in [5.74, 6) is 1.59. The van der Waals surface area contributed by atoms with Gasteiger partial charge in [0, 0.05) is 5.75 Å². The third-order valence-corrected chi connectivity index (χ3v) is 11.2. The molecule has 1 amide bonds. The number of carboxylic acid groups (broad SMARTS) is 1. The first kappa shape index (κ1) is 20.9. The zero-order valence-corrected chi connectivity index (χ0v) is 19.0. The molecule has 3 aromatic carbocycles. The van der Waals surface area contributed by atoms with Crippen LogP contribution >= 0.6 is 18.6 Å². The number of carboxylic acids is 1. The average molecular weight is 460 g/mol. The van der Waals surface area contributed by atoms with Crippen molar-refractivity contribution in [2.75, 3.05) is 5.75 Å². The Morgan fingerprint density at radius 3 is 1.75 bits per heavy atom. The van der Waals surface area contributed by atoms with E-state index in [-0.39, 0.29) is 17.0 Å². The topological polar surface area (TPSA) is 57.6 Å². The molecule has 5 rings (SSSR count). The highest BCUT2D eigenvalue weighted by atomic mass is 32.2. The largest absolute Gasteiger partial charge is 0.477 e. The van der Waals surface area contributed by atoms with Crippen molar-refractivity contribution in [2.45, 2.75) is 11.8 Å². The molecule has 0 aromatic heterocycles. The second-order valence-corrected chi connectivity index (χ2v) is 12.2. The summed E-state index contributed by atoms with van der Waals surface area (Å²) < 4.78 is 0. The summed E-state index contributed by atoms with van der Waals surface area (Å²) in [6.45, 7) is -2.34. The van der Waals surface area contributed by atoms with Gasteiger partial charge in [0.1, 0.15) is 5.70 Å². The lowest BCUT2D eigenvalue weighted by Gasteiger charge is -2.44. The van der Waals surface area contributed by atoms with Crippen molar-refractivity contribution in [2.24, 2.45) is 0 Å². The minimum Gasteiger partial charge on any atom is -0.477 e. The van der Waals surface area contributed by atoms with Gasteiger partial charge in [-0.1, -0.05) is 91.0 Å². The number of fused-ring (bicyclic) bond motifs is 1. The molecule has 2 aliphatic rings. The van der Waals surface area contributed by atoms with E-state index >= 15 is 0 Å². The lowest BCUT2D eigenvalue weighted by atomic mass is 10.1. The van der Waals surface area contributed by atoms with Crippen LogP contribution in [0.5, 0.6) is 0 Å². The molecule has 0 aliphatic carbocycles. The standard InChI is InChI=1S/C26H22NO3PS/c28-23-16-24-27(23)25(26(29)30)19(18-32-24)17-31(20-10-4-1-5-11-20,21-12-6-2-7-13-21)22-14-8-3-9-15-22/h1-15,17,24H,16,18H2,(H,29,30)/t24-/m1/s1. The highest BCUT2D eigenvalue weighted by Gasteiger charge is 2.45. The van der Waals surface area contributed by atoms with Gasteiger partial charge in [0.15, 0.2) is 0 Å². The van der Waals surface area contributed by atoms with Gasteiger partial charge in [0.25, 0.3) is 0 Å². The first-order valence-corrected chi connectivity index (χ1v) is 13.3. The number of rotatable bonds is 5. The van der Waals surface area contributed by atoms with Crippen LogP contribution < -0.4 is 15.9 Å². The highest BCUT2D eigenvalue weighted by Crippen LogP contribution is 2.47. The summed E-state index contributed by atoms with van der Waals surface area (Å²) in [7, 11) is 0. The number of thioether (sulfide) groups is 1. The van der Waals surface area contributed by atoms with Crippen molar-refractivity contribution in [1.29, 1.82) is 0 Å². The number of β-lactam (4-membered cyclic amide) rings is 1. The van der Waals surface area contributed by atoms with E-state index in [0.29, 0.717) is 12.2 Å². The molecular formula is C26H22NO3PS. The van der Waals surface area contributed by atoms with Gasteiger partial charge in [-0.25, -0.2) is 4.79 Å². The Labute approximate surface area is 191 Å². The van der Waals surface area contributed by atoms with Crippen LogP contribution in [0.25, 0.3) is 0 Å². The van der Waals surface area contributed by atoms with Crippen molar-refractivity contribution in [3.05, 3.63) is 102 Å². The Kier molecular flexibility index (Phi) is 5.54. The molecule has 1 N–H and O–H groups in total. The maximum atomic E-state index is 12.3. The van der Waals surface area contributed by atoms with E-state index in [2.05, 4.69) is 42.2 Å². The smallest absolute Gasteiger partial charge is 0.352 e. The Morgan fingerprint density at radius 1 is 0.875 bits per heavy atom. The van der Waals surface area contributed by atoms with Crippen LogP contribution in [0.1, 0.15) is 6.42 Å². The zero-order chi connectivity index (χ0) is 22.1. The quantitative estimate of drug-likeness (QED) is 0.469. The Hall–Kier alpha value is -3.01. The fourth-order valence-electron chi connectivity index (χ4n) is 4.43. The molecule has 2 aliphatic heterocycles. The number of nitrogens with zero attached hydrogens (tertiary/aromatic N) is 1. The predicted octanol–water partition coefficient (Wildman–Crippen LogP) is 3.43. The van der Waals surface area contributed by atoms with Gasteiger partial charge >= 0.3 is 5.97 Å². The minimum atomic E-state index is -2.34. The van der Waals surface area contributed by atoms with Crippen LogP contribution in [0.15, 0.2) is 102 Å². The van der Waals surface area contributed by atoms with Crippen molar-refractivity contribution < 1.29 is 14.7 Å². The van der Waals surface area contributed by atoms with Gasteiger partial charge in [0.05, 0.1) is 11.8 Å². The first-order chi connectivity index (χ1) is 15.6. The van der Waals surface area contributed by atoms with Crippen LogP contribution in [0.4, 0.5) is 0 Å². The maximum absolute atomic E-state index is 12.3. The maximum Gasteiger partial charge on any atom is 0.352 e. The van der Waals surface area contributed by atoms with Crippen LogP contribution in [0.3, 0.4) is 0 Å². The van der Waals surface area contributed by atoms with Crippen molar-refractivity contribution in [3.8, 4) is 0 Å². The third-order valence-electron chi connectivity index (χ3n) is 5.92. The molecule has 1 saturated heterocycles. The molecule has 160 valence electrons. The monoisotopic (exact) mass is 459 g/mol. The van der Waals surface area contributed by atoms with Crippen LogP contribution in [-0.2, 0) is 9.59 Å². The fourth-order valence-corrected chi connectivity index (χ4v) is 9.73. The molecule has 0 unspecified atom stereocenters. The van der Waals surface area contributed by atoms with Crippen molar-refractivity contribution in [3.63, 3.8) is 0 Å². The van der Waals surface area contributed by atoms with E-state index in [9.17, 15) is 14.7 Å². The molecule has 4 nitrogen and oxygen atoms in total. The van der Waals surface area contributed by atoms with E-state index < -0.39 is 12.9 Å². The molecule has 0 bridgehead atoms. The first-order valence-electron chi connectivity index (χ1n) is 10.4. The number of hydrogen-bond donors (Lipinski definition) is 1. The molecule has 6 heteroatoms. The minimum absolute atomic E-state index is 0.0661. The Morgan fingerprint density at radius 2 is 1.34 bits per heavy atom. The summed E-state index contributed by atoms with van der Waals surface area (Å²) in [5.41, 5.74) is 0.855. The van der Waals surface area contributed by atoms with Gasteiger partial charge in [-0.05, 0) is 34.2 Å². The number of aliphatic carboxylic acids is 1. The SMILES string of the molecule is O=C(O)C1=C(C=P(c2ccccc2)(c2ccccc2)c2ccccc2)CS[C@@H]2CC(=O)N12. The third kappa shape index (κ3) is 3.42. The Balaban J connectivity index is 1.88. The van der Waals surface area contributed by atoms with Gasteiger partial charge in [-0.3, -0.25) is 9.69 Å². The lowest BCUT2D eigenvalue weighted by Crippen LogP contribution is -2.54. The predicted molar refractivity (Wildman–Crippen MR) is 134 cm³/mol. The molecular weight excluding hydrogens is 437 g/mol. The second-order valence-electron chi connectivity index (χ2n) is 7.77. The summed E-state index contributed by atoms with van der Waals surface area (Å²) in [6.07, 6.45) is 0.408. The zero-order valence-electron chi connectivity index (χ0n) is 17.3. The average Bonchev–Trinajstić information content (AvgIpc) is 2.83. The van der Waals surface area contributed by atoms with E-state index in [1.807, 2.05) is 54.6 Å². The van der Waals surface area contributed by atoms with Crippen molar-refractivity contribution >= 4 is 52.2 Å². The number of amides is 1. The molecule has 2 heterocycles. The second kappa shape index (κ2) is 8.50. The normalized spacial score (nSPS) is 18.1. The summed E-state index contributed by atoms with van der Waals surface area (Å²) >= 11 is 1.64. The molecule has 0 saturated carbocycles. The summed E-state index contributed by atoms with van der Waals surface area (Å²) in [4.78, 5) is 26.1. The molecule has 1 atom stereocenters. The lowest BCUT2D eigenvalue weighted by molar-refractivity contribution is -0.146. The van der Waals surface area contributed by atoms with E-state index in [4.69, 9.17) is 0 Å². The van der Waals surface area contributed by atoms with E-state index in [1.165, 1.54) is 4.90 Å². The van der Waals surface area contributed by atoms with Crippen LogP contribution in [0, 0.1) is 0 Å². The summed E-state index contributed by atoms with van der Waals surface area (Å²) in [5, 5.41) is 13.5.